The van der Waals surface area contributed by atoms with Crippen LogP contribution in [0.15, 0.2) is 16.5 Å². The van der Waals surface area contributed by atoms with Crippen molar-refractivity contribution in [2.75, 3.05) is 0 Å². The van der Waals surface area contributed by atoms with Crippen LogP contribution in [0, 0.1) is 13.8 Å². The van der Waals surface area contributed by atoms with E-state index in [9.17, 15) is 4.79 Å². The molecule has 0 unspecified atom stereocenters. The number of rotatable bonds is 2. The van der Waals surface area contributed by atoms with E-state index in [2.05, 4.69) is 0 Å². The molecule has 0 atom stereocenters. The van der Waals surface area contributed by atoms with Gasteiger partial charge in [0.1, 0.15) is 5.58 Å². The van der Waals surface area contributed by atoms with Crippen molar-refractivity contribution in [3.8, 4) is 0 Å². The molecule has 0 radical (unpaired) electrons. The number of furan rings is 1. The summed E-state index contributed by atoms with van der Waals surface area (Å²) in [7, 11) is 0. The molecule has 3 heteroatoms. The fourth-order valence-electron chi connectivity index (χ4n) is 2.19. The third-order valence-electron chi connectivity index (χ3n) is 2.78. The number of aromatic carboxylic acids is 1. The standard InChI is InChI=1S/C13H14O3/c1-4-9-11-8(3)5-7(2)6-10(11)16-12(9)13(14)15/h5-6H,4H2,1-3H3,(H,14,15). The lowest BCUT2D eigenvalue weighted by Crippen LogP contribution is -1.97. The Morgan fingerprint density at radius 3 is 2.62 bits per heavy atom. The highest BCUT2D eigenvalue weighted by molar-refractivity contribution is 5.96. The zero-order chi connectivity index (χ0) is 11.9. The summed E-state index contributed by atoms with van der Waals surface area (Å²) >= 11 is 0. The van der Waals surface area contributed by atoms with Crippen LogP contribution in [0.1, 0.15) is 34.2 Å². The Hall–Kier alpha value is -1.77. The van der Waals surface area contributed by atoms with Gasteiger partial charge >= 0.3 is 5.97 Å². The summed E-state index contributed by atoms with van der Waals surface area (Å²) in [5, 5.41) is 10.0. The number of benzene rings is 1. The predicted octanol–water partition coefficient (Wildman–Crippen LogP) is 3.31. The van der Waals surface area contributed by atoms with Crippen molar-refractivity contribution in [3.63, 3.8) is 0 Å². The van der Waals surface area contributed by atoms with Gasteiger partial charge in [-0.2, -0.15) is 0 Å². The Morgan fingerprint density at radius 1 is 1.38 bits per heavy atom. The Morgan fingerprint density at radius 2 is 2.06 bits per heavy atom. The largest absolute Gasteiger partial charge is 0.475 e. The number of fused-ring (bicyclic) bond motifs is 1. The van der Waals surface area contributed by atoms with E-state index < -0.39 is 5.97 Å². The second-order valence-electron chi connectivity index (χ2n) is 4.02. The van der Waals surface area contributed by atoms with Crippen molar-refractivity contribution in [2.45, 2.75) is 27.2 Å². The average Bonchev–Trinajstić information content (AvgIpc) is 2.56. The number of carboxylic acids is 1. The number of hydrogen-bond donors (Lipinski definition) is 1. The minimum Gasteiger partial charge on any atom is -0.475 e. The third kappa shape index (κ3) is 1.48. The molecule has 1 heterocycles. The van der Waals surface area contributed by atoms with E-state index >= 15 is 0 Å². The molecule has 1 aromatic carbocycles. The molecule has 2 rings (SSSR count). The zero-order valence-corrected chi connectivity index (χ0v) is 9.63. The van der Waals surface area contributed by atoms with Crippen LogP contribution in [0.25, 0.3) is 11.0 Å². The van der Waals surface area contributed by atoms with E-state index in [1.807, 2.05) is 32.9 Å². The first-order valence-corrected chi connectivity index (χ1v) is 5.30. The van der Waals surface area contributed by atoms with E-state index in [4.69, 9.17) is 9.52 Å². The van der Waals surface area contributed by atoms with Gasteiger partial charge in [0.2, 0.25) is 5.76 Å². The molecule has 0 saturated carbocycles. The number of carbonyl (C=O) groups is 1. The summed E-state index contributed by atoms with van der Waals surface area (Å²) < 4.78 is 5.41. The van der Waals surface area contributed by atoms with Crippen molar-refractivity contribution in [1.82, 2.24) is 0 Å². The molecule has 0 aliphatic carbocycles. The van der Waals surface area contributed by atoms with Crippen molar-refractivity contribution in [3.05, 3.63) is 34.6 Å². The number of carboxylic acid groups (broad SMARTS) is 1. The fourth-order valence-corrected chi connectivity index (χ4v) is 2.19. The minimum atomic E-state index is -0.995. The van der Waals surface area contributed by atoms with Crippen molar-refractivity contribution in [2.24, 2.45) is 0 Å². The van der Waals surface area contributed by atoms with E-state index in [-0.39, 0.29) is 5.76 Å². The van der Waals surface area contributed by atoms with Crippen LogP contribution < -0.4 is 0 Å². The molecule has 2 aromatic rings. The monoisotopic (exact) mass is 218 g/mol. The summed E-state index contributed by atoms with van der Waals surface area (Å²) in [5.41, 5.74) is 3.62. The van der Waals surface area contributed by atoms with Crippen LogP contribution in [-0.2, 0) is 6.42 Å². The lowest BCUT2D eigenvalue weighted by atomic mass is 10.0. The Balaban J connectivity index is 2.87. The highest BCUT2D eigenvalue weighted by Gasteiger charge is 2.19. The van der Waals surface area contributed by atoms with Gasteiger partial charge in [0.05, 0.1) is 0 Å². The smallest absolute Gasteiger partial charge is 0.372 e. The maximum absolute atomic E-state index is 11.1. The summed E-state index contributed by atoms with van der Waals surface area (Å²) in [4.78, 5) is 11.1. The van der Waals surface area contributed by atoms with E-state index in [1.54, 1.807) is 0 Å². The van der Waals surface area contributed by atoms with Crippen molar-refractivity contribution in [1.29, 1.82) is 0 Å². The lowest BCUT2D eigenvalue weighted by molar-refractivity contribution is 0.0663. The molecule has 0 aliphatic rings. The van der Waals surface area contributed by atoms with Crippen molar-refractivity contribution >= 4 is 16.9 Å². The normalized spacial score (nSPS) is 10.9. The van der Waals surface area contributed by atoms with Gasteiger partial charge in [-0.3, -0.25) is 0 Å². The van der Waals surface area contributed by atoms with Gasteiger partial charge in [-0.25, -0.2) is 4.79 Å². The van der Waals surface area contributed by atoms with Gasteiger partial charge in [-0.15, -0.1) is 0 Å². The van der Waals surface area contributed by atoms with E-state index in [1.165, 1.54) is 0 Å². The molecule has 84 valence electrons. The molecule has 0 amide bonds. The molecular weight excluding hydrogens is 204 g/mol. The summed E-state index contributed by atoms with van der Waals surface area (Å²) in [5.74, 6) is -0.920. The summed E-state index contributed by atoms with van der Waals surface area (Å²) in [6.45, 7) is 5.90. The second kappa shape index (κ2) is 3.67. The van der Waals surface area contributed by atoms with Crippen LogP contribution in [0.2, 0.25) is 0 Å². The molecule has 16 heavy (non-hydrogen) atoms. The minimum absolute atomic E-state index is 0.0752. The second-order valence-corrected chi connectivity index (χ2v) is 4.02. The van der Waals surface area contributed by atoms with Gasteiger partial charge in [-0.1, -0.05) is 13.0 Å². The topological polar surface area (TPSA) is 50.4 Å². The number of aryl methyl sites for hydroxylation is 3. The average molecular weight is 218 g/mol. The Labute approximate surface area is 93.7 Å². The molecule has 0 spiro atoms. The fraction of sp³-hybridized carbons (Fsp3) is 0.308. The van der Waals surface area contributed by atoms with Gasteiger partial charge in [0.15, 0.2) is 0 Å². The Bertz CT molecular complexity index is 564. The number of hydrogen-bond acceptors (Lipinski definition) is 2. The maximum Gasteiger partial charge on any atom is 0.372 e. The highest BCUT2D eigenvalue weighted by Crippen LogP contribution is 2.30. The molecule has 3 nitrogen and oxygen atoms in total. The predicted molar refractivity (Wildman–Crippen MR) is 62.0 cm³/mol. The van der Waals surface area contributed by atoms with Crippen molar-refractivity contribution < 1.29 is 14.3 Å². The lowest BCUT2D eigenvalue weighted by Gasteiger charge is -2.00. The SMILES string of the molecule is CCc1c(C(=O)O)oc2cc(C)cc(C)c12. The molecule has 0 saturated heterocycles. The molecule has 0 bridgehead atoms. The van der Waals surface area contributed by atoms with Gasteiger partial charge < -0.3 is 9.52 Å². The molecule has 0 fully saturated rings. The van der Waals surface area contributed by atoms with Crippen LogP contribution in [-0.4, -0.2) is 11.1 Å². The first kappa shape index (κ1) is 10.7. The first-order chi connectivity index (χ1) is 7.54. The van der Waals surface area contributed by atoms with E-state index in [0.29, 0.717) is 12.0 Å². The molecule has 1 N–H and O–H groups in total. The van der Waals surface area contributed by atoms with Crippen LogP contribution in [0.4, 0.5) is 0 Å². The van der Waals surface area contributed by atoms with Gasteiger partial charge in [0.25, 0.3) is 0 Å². The van der Waals surface area contributed by atoms with Crippen LogP contribution in [0.3, 0.4) is 0 Å². The molecule has 0 aliphatic heterocycles. The molecule has 1 aromatic heterocycles. The summed E-state index contributed by atoms with van der Waals surface area (Å²) in [6.07, 6.45) is 0.665. The zero-order valence-electron chi connectivity index (χ0n) is 9.63. The maximum atomic E-state index is 11.1. The van der Waals surface area contributed by atoms with Crippen LogP contribution >= 0.6 is 0 Å². The molecular formula is C13H14O3. The Kier molecular flexibility index (Phi) is 2.46. The van der Waals surface area contributed by atoms with Crippen LogP contribution in [0.5, 0.6) is 0 Å². The third-order valence-corrected chi connectivity index (χ3v) is 2.78. The van der Waals surface area contributed by atoms with E-state index in [0.717, 1.165) is 22.1 Å². The summed E-state index contributed by atoms with van der Waals surface area (Å²) in [6, 6.07) is 3.93. The quantitative estimate of drug-likeness (QED) is 0.841. The first-order valence-electron chi connectivity index (χ1n) is 5.30. The van der Waals surface area contributed by atoms with Gasteiger partial charge in [0, 0.05) is 10.9 Å². The van der Waals surface area contributed by atoms with Gasteiger partial charge in [-0.05, 0) is 37.5 Å². The highest BCUT2D eigenvalue weighted by atomic mass is 16.4.